The third-order valence-electron chi connectivity index (χ3n) is 2.04. The fourth-order valence-electron chi connectivity index (χ4n) is 1.40. The molecule has 5 heteroatoms. The zero-order valence-electron chi connectivity index (χ0n) is 7.57. The molecule has 15 heavy (non-hydrogen) atoms. The van der Waals surface area contributed by atoms with Gasteiger partial charge >= 0.3 is 5.97 Å². The number of benzene rings is 1. The van der Waals surface area contributed by atoms with Crippen molar-refractivity contribution < 1.29 is 9.90 Å². The normalized spacial score (nSPS) is 10.5. The van der Waals surface area contributed by atoms with Crippen molar-refractivity contribution in [2.75, 3.05) is 5.73 Å². The first-order valence-corrected chi connectivity index (χ1v) is 4.54. The van der Waals surface area contributed by atoms with Crippen molar-refractivity contribution in [2.45, 2.75) is 0 Å². The Hall–Kier alpha value is -1.81. The van der Waals surface area contributed by atoms with E-state index in [4.69, 9.17) is 22.4 Å². The van der Waals surface area contributed by atoms with Gasteiger partial charge in [0.15, 0.2) is 0 Å². The maximum absolute atomic E-state index is 11.0. The van der Waals surface area contributed by atoms with E-state index < -0.39 is 5.97 Å². The second-order valence-corrected chi connectivity index (χ2v) is 3.48. The predicted octanol–water partition coefficient (Wildman–Crippen LogP) is 2.17. The monoisotopic (exact) mass is 222 g/mol. The van der Waals surface area contributed by atoms with Gasteiger partial charge in [0.25, 0.3) is 0 Å². The molecule has 76 valence electrons. The van der Waals surface area contributed by atoms with Gasteiger partial charge in [-0.2, -0.15) is 0 Å². The van der Waals surface area contributed by atoms with Crippen LogP contribution < -0.4 is 5.73 Å². The number of nitrogen functional groups attached to an aromatic ring is 1. The number of rotatable bonds is 1. The van der Waals surface area contributed by atoms with Gasteiger partial charge in [-0.3, -0.25) is 4.98 Å². The van der Waals surface area contributed by atoms with Gasteiger partial charge in [-0.25, -0.2) is 4.79 Å². The molecule has 0 unspecified atom stereocenters. The molecule has 2 rings (SSSR count). The number of hydrogen-bond acceptors (Lipinski definition) is 3. The Morgan fingerprint density at radius 1 is 1.47 bits per heavy atom. The van der Waals surface area contributed by atoms with Crippen molar-refractivity contribution in [1.82, 2.24) is 4.98 Å². The van der Waals surface area contributed by atoms with Gasteiger partial charge in [0.1, 0.15) is 5.56 Å². The van der Waals surface area contributed by atoms with Gasteiger partial charge in [0.2, 0.25) is 0 Å². The molecule has 0 spiro atoms. The summed E-state index contributed by atoms with van der Waals surface area (Å²) in [7, 11) is 0. The van der Waals surface area contributed by atoms with Gasteiger partial charge in [0, 0.05) is 5.39 Å². The molecule has 1 heterocycles. The van der Waals surface area contributed by atoms with Crippen LogP contribution >= 0.6 is 11.6 Å². The summed E-state index contributed by atoms with van der Waals surface area (Å²) in [6.45, 7) is 0. The van der Waals surface area contributed by atoms with E-state index in [1.807, 2.05) is 0 Å². The summed E-state index contributed by atoms with van der Waals surface area (Å²) >= 11 is 5.79. The molecule has 0 atom stereocenters. The molecule has 1 aromatic heterocycles. The Balaban J connectivity index is 2.88. The molecule has 4 nitrogen and oxygen atoms in total. The molecule has 0 amide bonds. The van der Waals surface area contributed by atoms with Gasteiger partial charge in [-0.15, -0.1) is 0 Å². The lowest BCUT2D eigenvalue weighted by Crippen LogP contribution is -2.00. The number of hydrogen-bond donors (Lipinski definition) is 2. The molecule has 0 aliphatic heterocycles. The molecular weight excluding hydrogens is 216 g/mol. The van der Waals surface area contributed by atoms with Gasteiger partial charge < -0.3 is 10.8 Å². The highest BCUT2D eigenvalue weighted by atomic mass is 35.5. The molecule has 0 aliphatic carbocycles. The average Bonchev–Trinajstić information content (AvgIpc) is 2.17. The number of pyridine rings is 1. The zero-order valence-corrected chi connectivity index (χ0v) is 8.32. The minimum Gasteiger partial charge on any atom is -0.478 e. The number of nitrogens with zero attached hydrogens (tertiary/aromatic N) is 1. The first-order chi connectivity index (χ1) is 7.09. The third-order valence-corrected chi connectivity index (χ3v) is 2.35. The second-order valence-electron chi connectivity index (χ2n) is 3.07. The van der Waals surface area contributed by atoms with Crippen LogP contribution in [0.25, 0.3) is 10.9 Å². The molecule has 1 aromatic carbocycles. The maximum atomic E-state index is 11.0. The number of aromatic carboxylic acids is 1. The molecule has 0 aliphatic rings. The molecular formula is C10H7ClN2O2. The highest BCUT2D eigenvalue weighted by Gasteiger charge is 2.14. The van der Waals surface area contributed by atoms with Gasteiger partial charge in [0.05, 0.1) is 22.4 Å². The number of nitrogens with two attached hydrogens (primary N) is 1. The summed E-state index contributed by atoms with van der Waals surface area (Å²) in [6, 6.07) is 4.87. The fourth-order valence-corrected chi connectivity index (χ4v) is 1.63. The van der Waals surface area contributed by atoms with E-state index in [2.05, 4.69) is 4.98 Å². The van der Waals surface area contributed by atoms with E-state index in [-0.39, 0.29) is 10.6 Å². The Morgan fingerprint density at radius 2 is 2.20 bits per heavy atom. The van der Waals surface area contributed by atoms with Crippen LogP contribution in [0.2, 0.25) is 5.02 Å². The minimum atomic E-state index is -1.09. The van der Waals surface area contributed by atoms with E-state index in [0.29, 0.717) is 16.6 Å². The van der Waals surface area contributed by atoms with E-state index in [1.54, 1.807) is 12.1 Å². The van der Waals surface area contributed by atoms with Crippen LogP contribution in [0.5, 0.6) is 0 Å². The first-order valence-electron chi connectivity index (χ1n) is 4.16. The van der Waals surface area contributed by atoms with Crippen molar-refractivity contribution in [3.63, 3.8) is 0 Å². The quantitative estimate of drug-likeness (QED) is 0.775. The fraction of sp³-hybridized carbons (Fsp3) is 0. The Kier molecular flexibility index (Phi) is 2.21. The first kappa shape index (κ1) is 9.73. The molecule has 2 aromatic rings. The number of carboxylic acid groups (broad SMARTS) is 1. The van der Waals surface area contributed by atoms with Crippen molar-refractivity contribution >= 4 is 34.2 Å². The highest BCUT2D eigenvalue weighted by molar-refractivity contribution is 6.35. The summed E-state index contributed by atoms with van der Waals surface area (Å²) in [5, 5.41) is 9.81. The Labute approximate surface area is 90.3 Å². The van der Waals surface area contributed by atoms with Crippen LogP contribution in [0.15, 0.2) is 24.4 Å². The number of aromatic nitrogens is 1. The molecule has 3 N–H and O–H groups in total. The van der Waals surface area contributed by atoms with Crippen molar-refractivity contribution in [3.8, 4) is 0 Å². The predicted molar refractivity (Wildman–Crippen MR) is 58.1 cm³/mol. The van der Waals surface area contributed by atoms with E-state index in [0.717, 1.165) is 0 Å². The molecule has 0 radical (unpaired) electrons. The van der Waals surface area contributed by atoms with E-state index in [1.165, 1.54) is 12.3 Å². The average molecular weight is 223 g/mol. The van der Waals surface area contributed by atoms with Gasteiger partial charge in [-0.05, 0) is 12.1 Å². The van der Waals surface area contributed by atoms with E-state index in [9.17, 15) is 4.79 Å². The number of carboxylic acids is 1. The van der Waals surface area contributed by atoms with Crippen LogP contribution in [0.3, 0.4) is 0 Å². The number of halogens is 1. The summed E-state index contributed by atoms with van der Waals surface area (Å²) in [4.78, 5) is 14.9. The summed E-state index contributed by atoms with van der Waals surface area (Å²) < 4.78 is 0. The standard InChI is InChI=1S/C10H7ClN2O2/c11-7-2-1-5-3-6(12)4-13-9(5)8(7)10(14)15/h1-4H,12H2,(H,14,15). The van der Waals surface area contributed by atoms with Crippen LogP contribution in [0, 0.1) is 0 Å². The SMILES string of the molecule is Nc1cnc2c(C(=O)O)c(Cl)ccc2c1. The smallest absolute Gasteiger partial charge is 0.339 e. The lowest BCUT2D eigenvalue weighted by molar-refractivity contribution is 0.0699. The third kappa shape index (κ3) is 1.59. The topological polar surface area (TPSA) is 76.2 Å². The number of carbonyl (C=O) groups is 1. The number of fused-ring (bicyclic) bond motifs is 1. The Bertz CT molecular complexity index is 554. The van der Waals surface area contributed by atoms with Crippen molar-refractivity contribution in [3.05, 3.63) is 35.0 Å². The summed E-state index contributed by atoms with van der Waals surface area (Å²) in [6.07, 6.45) is 1.41. The minimum absolute atomic E-state index is 0.00849. The lowest BCUT2D eigenvalue weighted by atomic mass is 10.1. The molecule has 0 fully saturated rings. The van der Waals surface area contributed by atoms with Crippen molar-refractivity contribution in [1.29, 1.82) is 0 Å². The van der Waals surface area contributed by atoms with Crippen LogP contribution in [-0.2, 0) is 0 Å². The van der Waals surface area contributed by atoms with Gasteiger partial charge in [-0.1, -0.05) is 17.7 Å². The largest absolute Gasteiger partial charge is 0.478 e. The van der Waals surface area contributed by atoms with Crippen LogP contribution in [0.4, 0.5) is 5.69 Å². The molecule has 0 saturated heterocycles. The highest BCUT2D eigenvalue weighted by Crippen LogP contribution is 2.25. The summed E-state index contributed by atoms with van der Waals surface area (Å²) in [5.41, 5.74) is 6.39. The lowest BCUT2D eigenvalue weighted by Gasteiger charge is -2.04. The van der Waals surface area contributed by atoms with Crippen molar-refractivity contribution in [2.24, 2.45) is 0 Å². The number of anilines is 1. The second kappa shape index (κ2) is 3.40. The maximum Gasteiger partial charge on any atom is 0.339 e. The Morgan fingerprint density at radius 3 is 2.87 bits per heavy atom. The molecule has 0 saturated carbocycles. The zero-order chi connectivity index (χ0) is 11.0. The van der Waals surface area contributed by atoms with Crippen LogP contribution in [-0.4, -0.2) is 16.1 Å². The molecule has 0 bridgehead atoms. The summed E-state index contributed by atoms with van der Waals surface area (Å²) in [5.74, 6) is -1.09. The van der Waals surface area contributed by atoms with E-state index >= 15 is 0 Å². The van der Waals surface area contributed by atoms with Crippen LogP contribution in [0.1, 0.15) is 10.4 Å².